The van der Waals surface area contributed by atoms with E-state index in [0.717, 1.165) is 18.5 Å². The maximum absolute atomic E-state index is 13.1. The second-order valence-corrected chi connectivity index (χ2v) is 4.86. The van der Waals surface area contributed by atoms with Gasteiger partial charge >= 0.3 is 0 Å². The van der Waals surface area contributed by atoms with Gasteiger partial charge in [-0.2, -0.15) is 0 Å². The fourth-order valence-electron chi connectivity index (χ4n) is 1.54. The maximum atomic E-state index is 13.1. The number of benzene rings is 1. The normalized spacial score (nSPS) is 10.6. The van der Waals surface area contributed by atoms with Crippen LogP contribution >= 0.6 is 24.0 Å². The molecule has 0 aliphatic rings. The van der Waals surface area contributed by atoms with Gasteiger partial charge in [0.15, 0.2) is 5.96 Å². The molecule has 1 aromatic carbocycles. The van der Waals surface area contributed by atoms with Crippen LogP contribution in [-0.2, 0) is 11.3 Å². The minimum Gasteiger partial charge on any atom is -0.356 e. The highest BCUT2D eigenvalue weighted by Crippen LogP contribution is 2.04. The number of rotatable bonds is 6. The third-order valence-electron chi connectivity index (χ3n) is 2.76. The van der Waals surface area contributed by atoms with Gasteiger partial charge in [0.1, 0.15) is 5.82 Å². The topological polar surface area (TPSA) is 56.7 Å². The number of likely N-dealkylation sites (N-methyl/N-ethyl adjacent to an activating group) is 1. The number of carbonyl (C=O) groups is 1. The molecule has 0 unspecified atom stereocenters. The summed E-state index contributed by atoms with van der Waals surface area (Å²) in [6.45, 7) is 3.33. The molecule has 0 aliphatic heterocycles. The van der Waals surface area contributed by atoms with Crippen LogP contribution in [-0.4, -0.2) is 44.0 Å². The van der Waals surface area contributed by atoms with Gasteiger partial charge in [-0.1, -0.05) is 19.1 Å². The van der Waals surface area contributed by atoms with E-state index in [9.17, 15) is 9.18 Å². The van der Waals surface area contributed by atoms with Crippen LogP contribution in [0.15, 0.2) is 29.3 Å². The largest absolute Gasteiger partial charge is 0.356 e. The Bertz CT molecular complexity index is 494. The Balaban J connectivity index is 0.00000441. The molecule has 0 bridgehead atoms. The van der Waals surface area contributed by atoms with Gasteiger partial charge in [-0.3, -0.25) is 4.79 Å². The molecular weight excluding hydrogens is 398 g/mol. The van der Waals surface area contributed by atoms with Crippen molar-refractivity contribution in [1.29, 1.82) is 0 Å². The van der Waals surface area contributed by atoms with Crippen molar-refractivity contribution in [2.75, 3.05) is 27.2 Å². The van der Waals surface area contributed by atoms with Gasteiger partial charge < -0.3 is 15.5 Å². The molecule has 0 radical (unpaired) electrons. The molecule has 22 heavy (non-hydrogen) atoms. The van der Waals surface area contributed by atoms with Gasteiger partial charge in [0.2, 0.25) is 5.91 Å². The number of nitrogens with zero attached hydrogens (tertiary/aromatic N) is 2. The van der Waals surface area contributed by atoms with Crippen molar-refractivity contribution in [3.8, 4) is 0 Å². The lowest BCUT2D eigenvalue weighted by Crippen LogP contribution is -2.43. The number of hydrogen-bond donors (Lipinski definition) is 2. The molecule has 0 saturated heterocycles. The molecule has 0 heterocycles. The number of amides is 1. The van der Waals surface area contributed by atoms with E-state index >= 15 is 0 Å². The molecule has 7 heteroatoms. The van der Waals surface area contributed by atoms with Crippen molar-refractivity contribution in [3.05, 3.63) is 35.6 Å². The van der Waals surface area contributed by atoms with Crippen molar-refractivity contribution in [2.45, 2.75) is 19.9 Å². The second kappa shape index (κ2) is 11.2. The first-order chi connectivity index (χ1) is 10.0. The van der Waals surface area contributed by atoms with Crippen LogP contribution in [0.2, 0.25) is 0 Å². The van der Waals surface area contributed by atoms with Crippen LogP contribution < -0.4 is 10.6 Å². The van der Waals surface area contributed by atoms with Crippen LogP contribution in [0.5, 0.6) is 0 Å². The molecule has 1 rings (SSSR count). The van der Waals surface area contributed by atoms with E-state index in [2.05, 4.69) is 15.6 Å². The van der Waals surface area contributed by atoms with Crippen LogP contribution in [0.1, 0.15) is 18.9 Å². The minimum absolute atomic E-state index is 0. The summed E-state index contributed by atoms with van der Waals surface area (Å²) in [7, 11) is 3.40. The molecular formula is C15H24FIN4O. The fraction of sp³-hybridized carbons (Fsp3) is 0.467. The molecule has 0 aliphatic carbocycles. The number of halogens is 2. The van der Waals surface area contributed by atoms with Crippen LogP contribution in [0.25, 0.3) is 0 Å². The number of nitrogens with one attached hydrogen (secondary N) is 2. The highest BCUT2D eigenvalue weighted by atomic mass is 127. The molecule has 2 N–H and O–H groups in total. The van der Waals surface area contributed by atoms with E-state index in [1.54, 1.807) is 20.2 Å². The molecule has 5 nitrogen and oxygen atoms in total. The number of carbonyl (C=O) groups excluding carboxylic acids is 1. The predicted octanol–water partition coefficient (Wildman–Crippen LogP) is 1.98. The first-order valence-electron chi connectivity index (χ1n) is 6.99. The Kier molecular flexibility index (Phi) is 10.5. The van der Waals surface area contributed by atoms with Crippen molar-refractivity contribution in [3.63, 3.8) is 0 Å². The lowest BCUT2D eigenvalue weighted by Gasteiger charge is -2.14. The zero-order chi connectivity index (χ0) is 15.7. The molecule has 0 fully saturated rings. The molecule has 1 amide bonds. The summed E-state index contributed by atoms with van der Waals surface area (Å²) in [6, 6.07) is 6.32. The number of hydrogen-bond acceptors (Lipinski definition) is 2. The van der Waals surface area contributed by atoms with E-state index in [4.69, 9.17) is 0 Å². The van der Waals surface area contributed by atoms with E-state index < -0.39 is 0 Å². The van der Waals surface area contributed by atoms with E-state index in [1.165, 1.54) is 17.0 Å². The lowest BCUT2D eigenvalue weighted by molar-refractivity contribution is -0.127. The number of aliphatic imine (C=N–C) groups is 1. The summed E-state index contributed by atoms with van der Waals surface area (Å²) < 4.78 is 13.1. The summed E-state index contributed by atoms with van der Waals surface area (Å²) >= 11 is 0. The second-order valence-electron chi connectivity index (χ2n) is 4.86. The minimum atomic E-state index is -0.276. The Hall–Kier alpha value is -1.38. The van der Waals surface area contributed by atoms with Crippen molar-refractivity contribution >= 4 is 35.8 Å². The Morgan fingerprint density at radius 1 is 1.32 bits per heavy atom. The SMILES string of the molecule is CCCNC(=NCc1cccc(F)c1)NCC(=O)N(C)C.I. The Morgan fingerprint density at radius 3 is 2.64 bits per heavy atom. The summed E-state index contributed by atoms with van der Waals surface area (Å²) in [6.07, 6.45) is 0.947. The first kappa shape index (κ1) is 20.6. The maximum Gasteiger partial charge on any atom is 0.241 e. The summed E-state index contributed by atoms with van der Waals surface area (Å²) in [5.74, 6) is 0.240. The smallest absolute Gasteiger partial charge is 0.241 e. The van der Waals surface area contributed by atoms with Gasteiger partial charge in [-0.15, -0.1) is 24.0 Å². The number of guanidine groups is 1. The van der Waals surface area contributed by atoms with Gasteiger partial charge in [-0.05, 0) is 24.1 Å². The van der Waals surface area contributed by atoms with Gasteiger partial charge in [0, 0.05) is 20.6 Å². The fourth-order valence-corrected chi connectivity index (χ4v) is 1.54. The first-order valence-corrected chi connectivity index (χ1v) is 6.99. The quantitative estimate of drug-likeness (QED) is 0.419. The average molecular weight is 422 g/mol. The van der Waals surface area contributed by atoms with Crippen LogP contribution in [0.4, 0.5) is 4.39 Å². The molecule has 0 saturated carbocycles. The van der Waals surface area contributed by atoms with Crippen molar-refractivity contribution in [2.24, 2.45) is 4.99 Å². The van der Waals surface area contributed by atoms with Crippen LogP contribution in [0.3, 0.4) is 0 Å². The van der Waals surface area contributed by atoms with E-state index in [1.807, 2.05) is 13.0 Å². The van der Waals surface area contributed by atoms with Gasteiger partial charge in [0.25, 0.3) is 0 Å². The molecule has 124 valence electrons. The highest BCUT2D eigenvalue weighted by molar-refractivity contribution is 14.0. The van der Waals surface area contributed by atoms with E-state index in [0.29, 0.717) is 12.5 Å². The van der Waals surface area contributed by atoms with Gasteiger partial charge in [0.05, 0.1) is 13.1 Å². The lowest BCUT2D eigenvalue weighted by atomic mass is 10.2. The summed E-state index contributed by atoms with van der Waals surface area (Å²) in [4.78, 5) is 17.4. The third kappa shape index (κ3) is 8.16. The van der Waals surface area contributed by atoms with Crippen molar-refractivity contribution < 1.29 is 9.18 Å². The predicted molar refractivity (Wildman–Crippen MR) is 97.9 cm³/mol. The highest BCUT2D eigenvalue weighted by Gasteiger charge is 2.05. The molecule has 0 spiro atoms. The van der Waals surface area contributed by atoms with Crippen molar-refractivity contribution in [1.82, 2.24) is 15.5 Å². The third-order valence-corrected chi connectivity index (χ3v) is 2.76. The molecule has 1 aromatic rings. The monoisotopic (exact) mass is 422 g/mol. The molecule has 0 aromatic heterocycles. The van der Waals surface area contributed by atoms with Crippen LogP contribution in [0, 0.1) is 5.82 Å². The Labute approximate surface area is 148 Å². The zero-order valence-electron chi connectivity index (χ0n) is 13.2. The summed E-state index contributed by atoms with van der Waals surface area (Å²) in [5, 5.41) is 6.10. The average Bonchev–Trinajstić information content (AvgIpc) is 2.46. The zero-order valence-corrected chi connectivity index (χ0v) is 15.6. The standard InChI is InChI=1S/C15H23FN4O.HI/c1-4-8-17-15(19-11-14(21)20(2)3)18-10-12-6-5-7-13(16)9-12;/h5-7,9H,4,8,10-11H2,1-3H3,(H2,17,18,19);1H. The molecule has 0 atom stereocenters. The Morgan fingerprint density at radius 2 is 2.05 bits per heavy atom. The van der Waals surface area contributed by atoms with Gasteiger partial charge in [-0.25, -0.2) is 9.38 Å². The van der Waals surface area contributed by atoms with E-state index in [-0.39, 0.29) is 42.2 Å². The summed E-state index contributed by atoms with van der Waals surface area (Å²) in [5.41, 5.74) is 0.784.